The van der Waals surface area contributed by atoms with E-state index in [1.807, 2.05) is 66.7 Å². The van der Waals surface area contributed by atoms with Gasteiger partial charge in [-0.25, -0.2) is 0 Å². The third kappa shape index (κ3) is 6.23. The Morgan fingerprint density at radius 3 is 2.00 bits per heavy atom. The van der Waals surface area contributed by atoms with Crippen molar-refractivity contribution >= 4 is 17.6 Å². The number of aliphatic hydroxyl groups excluding tert-OH is 1. The average molecular weight is 376 g/mol. The van der Waals surface area contributed by atoms with Crippen molar-refractivity contribution in [2.24, 2.45) is 0 Å². The van der Waals surface area contributed by atoms with Gasteiger partial charge in [0.15, 0.2) is 11.6 Å². The van der Waals surface area contributed by atoms with Gasteiger partial charge in [0.1, 0.15) is 18.1 Å². The van der Waals surface area contributed by atoms with Crippen LogP contribution in [-0.2, 0) is 0 Å². The van der Waals surface area contributed by atoms with Gasteiger partial charge in [0.2, 0.25) is 0 Å². The number of carbonyl (C=O) groups is 2. The molecule has 5 nitrogen and oxygen atoms in total. The molecule has 5 heteroatoms. The van der Waals surface area contributed by atoms with Crippen LogP contribution in [0.5, 0.6) is 11.5 Å². The fourth-order valence-corrected chi connectivity index (χ4v) is 2.28. The lowest BCUT2D eigenvalue weighted by molar-refractivity contribution is 0.0900. The molecule has 0 fully saturated rings. The molecule has 0 radical (unpaired) electrons. The van der Waals surface area contributed by atoms with Crippen LogP contribution < -0.4 is 0 Å². The van der Waals surface area contributed by atoms with Gasteiger partial charge in [-0.3, -0.25) is 9.59 Å². The van der Waals surface area contributed by atoms with Crippen molar-refractivity contribution in [2.75, 3.05) is 6.61 Å². The van der Waals surface area contributed by atoms with Crippen LogP contribution in [0.2, 0.25) is 0 Å². The van der Waals surface area contributed by atoms with Crippen molar-refractivity contribution in [1.82, 2.24) is 0 Å². The summed E-state index contributed by atoms with van der Waals surface area (Å²) in [5.74, 6) is -0.993. The molecule has 3 aromatic rings. The number of carbonyl (C=O) groups excluding carboxylic acids is 2. The lowest BCUT2D eigenvalue weighted by Gasteiger charge is -2.00. The third-order valence-electron chi connectivity index (χ3n) is 3.71. The topological polar surface area (TPSA) is 94.8 Å². The minimum Gasteiger partial charge on any atom is -0.508 e. The summed E-state index contributed by atoms with van der Waals surface area (Å²) < 4.78 is 0. The number of Topliss-reactive ketones (excluding diaryl/α,β-unsaturated/α-hetero) is 1. The standard InChI is InChI=1S/C15H12O.C8H8O4/c16-15(14-9-5-2-6-10-14)12-11-13-7-3-1-4-8-13;9-4-8(12)6-2-1-5(10)3-7(6)11/h1-12H;1-3,9-11H,4H2. The summed E-state index contributed by atoms with van der Waals surface area (Å²) in [4.78, 5) is 22.6. The Hall–Kier alpha value is -3.70. The van der Waals surface area contributed by atoms with E-state index in [0.29, 0.717) is 0 Å². The number of hydrogen-bond donors (Lipinski definition) is 3. The van der Waals surface area contributed by atoms with E-state index < -0.39 is 12.4 Å². The van der Waals surface area contributed by atoms with Crippen molar-refractivity contribution < 1.29 is 24.9 Å². The Morgan fingerprint density at radius 1 is 0.821 bits per heavy atom. The number of rotatable bonds is 5. The predicted molar refractivity (Wildman–Crippen MR) is 107 cm³/mol. The lowest BCUT2D eigenvalue weighted by atomic mass is 10.1. The number of phenolic OH excluding ortho intramolecular Hbond substituents is 2. The molecule has 0 bridgehead atoms. The van der Waals surface area contributed by atoms with E-state index in [-0.39, 0.29) is 22.8 Å². The van der Waals surface area contributed by atoms with Gasteiger partial charge in [0.05, 0.1) is 5.56 Å². The van der Waals surface area contributed by atoms with Crippen molar-refractivity contribution in [3.63, 3.8) is 0 Å². The number of allylic oxidation sites excluding steroid dienone is 1. The number of phenols is 2. The average Bonchev–Trinajstić information content (AvgIpc) is 2.73. The van der Waals surface area contributed by atoms with Crippen molar-refractivity contribution in [3.8, 4) is 11.5 Å². The zero-order chi connectivity index (χ0) is 20.4. The van der Waals surface area contributed by atoms with Gasteiger partial charge in [-0.1, -0.05) is 66.7 Å². The molecule has 0 heterocycles. The maximum Gasteiger partial charge on any atom is 0.191 e. The predicted octanol–water partition coefficient (Wildman–Crippen LogP) is 3.86. The highest BCUT2D eigenvalue weighted by molar-refractivity contribution is 6.06. The van der Waals surface area contributed by atoms with Crippen LogP contribution in [0.15, 0.2) is 84.9 Å². The molecule has 0 spiro atoms. The minimum absolute atomic E-state index is 0.00954. The molecule has 0 aliphatic heterocycles. The smallest absolute Gasteiger partial charge is 0.191 e. The van der Waals surface area contributed by atoms with Gasteiger partial charge < -0.3 is 15.3 Å². The van der Waals surface area contributed by atoms with E-state index in [1.54, 1.807) is 6.08 Å². The Balaban J connectivity index is 0.000000209. The second kappa shape index (κ2) is 10.4. The molecule has 0 saturated heterocycles. The van der Waals surface area contributed by atoms with Crippen LogP contribution in [0.3, 0.4) is 0 Å². The van der Waals surface area contributed by atoms with Crippen LogP contribution in [0, 0.1) is 0 Å². The SMILES string of the molecule is O=C(C=Cc1ccccc1)c1ccccc1.O=C(CO)c1ccc(O)cc1O. The summed E-state index contributed by atoms with van der Waals surface area (Å²) in [5, 5.41) is 26.4. The molecule has 0 atom stereocenters. The van der Waals surface area contributed by atoms with Gasteiger partial charge in [-0.05, 0) is 23.8 Å². The first kappa shape index (κ1) is 20.6. The van der Waals surface area contributed by atoms with E-state index in [9.17, 15) is 9.59 Å². The molecular formula is C23H20O5. The molecule has 3 rings (SSSR count). The normalized spacial score (nSPS) is 10.2. The van der Waals surface area contributed by atoms with E-state index in [0.717, 1.165) is 17.2 Å². The number of hydrogen-bond acceptors (Lipinski definition) is 5. The number of ketones is 2. The highest BCUT2D eigenvalue weighted by Crippen LogP contribution is 2.22. The first-order chi connectivity index (χ1) is 13.5. The molecule has 3 N–H and O–H groups in total. The molecular weight excluding hydrogens is 356 g/mol. The molecule has 0 unspecified atom stereocenters. The minimum atomic E-state index is -0.654. The van der Waals surface area contributed by atoms with Gasteiger partial charge in [-0.2, -0.15) is 0 Å². The largest absolute Gasteiger partial charge is 0.508 e. The third-order valence-corrected chi connectivity index (χ3v) is 3.71. The van der Waals surface area contributed by atoms with Crippen molar-refractivity contribution in [3.05, 3.63) is 102 Å². The van der Waals surface area contributed by atoms with Crippen molar-refractivity contribution in [1.29, 1.82) is 0 Å². The zero-order valence-corrected chi connectivity index (χ0v) is 15.0. The van der Waals surface area contributed by atoms with Crippen LogP contribution in [0.25, 0.3) is 6.08 Å². The maximum absolute atomic E-state index is 11.7. The fraction of sp³-hybridized carbons (Fsp3) is 0.0435. The van der Waals surface area contributed by atoms with E-state index in [1.165, 1.54) is 12.1 Å². The molecule has 0 aliphatic rings. The van der Waals surface area contributed by atoms with Crippen LogP contribution in [-0.4, -0.2) is 33.5 Å². The molecule has 0 aliphatic carbocycles. The molecule has 0 aromatic heterocycles. The van der Waals surface area contributed by atoms with E-state index >= 15 is 0 Å². The first-order valence-corrected chi connectivity index (χ1v) is 8.50. The molecule has 0 amide bonds. The Bertz CT molecular complexity index is 947. The first-order valence-electron chi connectivity index (χ1n) is 8.50. The summed E-state index contributed by atoms with van der Waals surface area (Å²) in [5.41, 5.74) is 1.76. The van der Waals surface area contributed by atoms with Crippen LogP contribution in [0.1, 0.15) is 26.3 Å². The van der Waals surface area contributed by atoms with Crippen molar-refractivity contribution in [2.45, 2.75) is 0 Å². The summed E-state index contributed by atoms with van der Waals surface area (Å²) >= 11 is 0. The highest BCUT2D eigenvalue weighted by Gasteiger charge is 2.09. The Morgan fingerprint density at radius 2 is 1.43 bits per heavy atom. The molecule has 142 valence electrons. The van der Waals surface area contributed by atoms with Gasteiger partial charge in [0.25, 0.3) is 0 Å². The summed E-state index contributed by atoms with van der Waals surface area (Å²) in [6.07, 6.45) is 3.43. The second-order valence-electron chi connectivity index (χ2n) is 5.76. The monoisotopic (exact) mass is 376 g/mol. The van der Waals surface area contributed by atoms with Crippen LogP contribution in [0.4, 0.5) is 0 Å². The summed E-state index contributed by atoms with van der Waals surface area (Å²) in [6.45, 7) is -0.654. The molecule has 3 aromatic carbocycles. The molecule has 28 heavy (non-hydrogen) atoms. The highest BCUT2D eigenvalue weighted by atomic mass is 16.3. The van der Waals surface area contributed by atoms with Gasteiger partial charge in [0, 0.05) is 11.6 Å². The summed E-state index contributed by atoms with van der Waals surface area (Å²) in [6, 6.07) is 22.6. The van der Waals surface area contributed by atoms with Gasteiger partial charge >= 0.3 is 0 Å². The second-order valence-corrected chi connectivity index (χ2v) is 5.76. The quantitative estimate of drug-likeness (QED) is 0.464. The van der Waals surface area contributed by atoms with Gasteiger partial charge in [-0.15, -0.1) is 0 Å². The zero-order valence-electron chi connectivity index (χ0n) is 15.0. The fourth-order valence-electron chi connectivity index (χ4n) is 2.28. The number of benzene rings is 3. The van der Waals surface area contributed by atoms with Crippen LogP contribution >= 0.6 is 0 Å². The summed E-state index contributed by atoms with van der Waals surface area (Å²) in [7, 11) is 0. The maximum atomic E-state index is 11.7. The van der Waals surface area contributed by atoms with E-state index in [4.69, 9.17) is 15.3 Å². The lowest BCUT2D eigenvalue weighted by Crippen LogP contribution is -2.03. The van der Waals surface area contributed by atoms with E-state index in [2.05, 4.69) is 0 Å². The number of aliphatic hydroxyl groups is 1. The molecule has 0 saturated carbocycles. The Kier molecular flexibility index (Phi) is 7.69. The number of aromatic hydroxyl groups is 2. The Labute approximate surface area is 162 Å².